The van der Waals surface area contributed by atoms with Gasteiger partial charge in [0.2, 0.25) is 0 Å². The summed E-state index contributed by atoms with van der Waals surface area (Å²) >= 11 is 0. The van der Waals surface area contributed by atoms with E-state index in [0.29, 0.717) is 0 Å². The van der Waals surface area contributed by atoms with Crippen LogP contribution in [0.15, 0.2) is 24.3 Å². The van der Waals surface area contributed by atoms with Crippen LogP contribution in [-0.2, 0) is 6.54 Å². The quantitative estimate of drug-likeness (QED) is 0.658. The van der Waals surface area contributed by atoms with Gasteiger partial charge in [-0.2, -0.15) is 0 Å². The number of nitrogens with two attached hydrogens (primary N) is 1. The zero-order valence-electron chi connectivity index (χ0n) is 9.69. The van der Waals surface area contributed by atoms with Gasteiger partial charge in [0.15, 0.2) is 0 Å². The maximum Gasteiger partial charge on any atom is 0.122 e. The Morgan fingerprint density at radius 1 is 1.24 bits per heavy atom. The lowest BCUT2D eigenvalue weighted by Gasteiger charge is -2.14. The molecule has 1 fully saturated rings. The van der Waals surface area contributed by atoms with E-state index in [1.54, 1.807) is 0 Å². The van der Waals surface area contributed by atoms with Crippen molar-refractivity contribution in [3.63, 3.8) is 0 Å². The minimum absolute atomic E-state index is 0. The van der Waals surface area contributed by atoms with Gasteiger partial charge in [-0.05, 0) is 37.6 Å². The second kappa shape index (κ2) is 7.54. The Kier molecular flexibility index (Phi) is 7.19. The number of amidine groups is 1. The molecule has 0 aliphatic carbocycles. The van der Waals surface area contributed by atoms with E-state index in [9.17, 15) is 0 Å². The molecule has 1 saturated heterocycles. The van der Waals surface area contributed by atoms with E-state index >= 15 is 0 Å². The molecule has 0 radical (unpaired) electrons. The molecule has 1 aromatic rings. The third-order valence-corrected chi connectivity index (χ3v) is 2.84. The fraction of sp³-hybridized carbons (Fsp3) is 0.417. The van der Waals surface area contributed by atoms with Crippen LogP contribution in [0.4, 0.5) is 0 Å². The lowest BCUT2D eigenvalue weighted by atomic mass is 10.1. The number of benzene rings is 1. The number of nitrogen functional groups attached to an aromatic ring is 1. The van der Waals surface area contributed by atoms with E-state index < -0.39 is 0 Å². The summed E-state index contributed by atoms with van der Waals surface area (Å²) in [6.45, 7) is 3.38. The van der Waals surface area contributed by atoms with Crippen LogP contribution in [0.2, 0.25) is 0 Å². The first-order chi connectivity index (χ1) is 7.25. The van der Waals surface area contributed by atoms with Gasteiger partial charge in [0, 0.05) is 12.1 Å². The van der Waals surface area contributed by atoms with Gasteiger partial charge in [-0.15, -0.1) is 24.8 Å². The van der Waals surface area contributed by atoms with Crippen molar-refractivity contribution in [1.29, 1.82) is 5.41 Å². The van der Waals surface area contributed by atoms with Gasteiger partial charge in [0.25, 0.3) is 0 Å². The van der Waals surface area contributed by atoms with Crippen LogP contribution in [0, 0.1) is 5.41 Å². The first kappa shape index (κ1) is 16.2. The standard InChI is InChI=1S/C12H17N3.2ClH/c13-12(14)11-5-3-4-10(8-11)9-15-6-1-2-7-15;;/h3-5,8H,1-2,6-7,9H2,(H3,13,14);2*1H. The van der Waals surface area contributed by atoms with Crippen molar-refractivity contribution in [2.24, 2.45) is 5.73 Å². The minimum Gasteiger partial charge on any atom is -0.384 e. The molecule has 0 saturated carbocycles. The van der Waals surface area contributed by atoms with Gasteiger partial charge in [0.1, 0.15) is 5.84 Å². The van der Waals surface area contributed by atoms with E-state index in [2.05, 4.69) is 11.0 Å². The van der Waals surface area contributed by atoms with Crippen LogP contribution in [0.1, 0.15) is 24.0 Å². The molecule has 1 aliphatic heterocycles. The number of likely N-dealkylation sites (tertiary alicyclic amines) is 1. The van der Waals surface area contributed by atoms with Crippen LogP contribution < -0.4 is 5.73 Å². The molecule has 0 bridgehead atoms. The number of halogens is 2. The molecule has 0 amide bonds. The zero-order chi connectivity index (χ0) is 10.7. The topological polar surface area (TPSA) is 53.1 Å². The molecule has 96 valence electrons. The molecule has 1 heterocycles. The van der Waals surface area contributed by atoms with Gasteiger partial charge in [0.05, 0.1) is 0 Å². The maximum atomic E-state index is 7.38. The van der Waals surface area contributed by atoms with Crippen LogP contribution in [-0.4, -0.2) is 23.8 Å². The highest BCUT2D eigenvalue weighted by molar-refractivity contribution is 5.95. The van der Waals surface area contributed by atoms with Crippen LogP contribution in [0.3, 0.4) is 0 Å². The lowest BCUT2D eigenvalue weighted by Crippen LogP contribution is -2.19. The predicted molar refractivity (Wildman–Crippen MR) is 76.5 cm³/mol. The first-order valence-electron chi connectivity index (χ1n) is 5.41. The largest absolute Gasteiger partial charge is 0.384 e. The molecule has 2 rings (SSSR count). The van der Waals surface area contributed by atoms with E-state index in [0.717, 1.165) is 12.1 Å². The highest BCUT2D eigenvalue weighted by atomic mass is 35.5. The third-order valence-electron chi connectivity index (χ3n) is 2.84. The molecule has 17 heavy (non-hydrogen) atoms. The van der Waals surface area contributed by atoms with E-state index in [4.69, 9.17) is 11.1 Å². The first-order valence-corrected chi connectivity index (χ1v) is 5.41. The molecule has 1 aliphatic rings. The van der Waals surface area contributed by atoms with Crippen molar-refractivity contribution < 1.29 is 0 Å². The van der Waals surface area contributed by atoms with Crippen molar-refractivity contribution in [3.05, 3.63) is 35.4 Å². The summed E-state index contributed by atoms with van der Waals surface area (Å²) in [4.78, 5) is 2.44. The molecule has 0 atom stereocenters. The Hall–Kier alpha value is -0.770. The predicted octanol–water partition coefficient (Wildman–Crippen LogP) is 2.41. The second-order valence-electron chi connectivity index (χ2n) is 4.10. The maximum absolute atomic E-state index is 7.38. The number of nitrogens with zero attached hydrogens (tertiary/aromatic N) is 1. The summed E-state index contributed by atoms with van der Waals surface area (Å²) in [6, 6.07) is 7.98. The summed E-state index contributed by atoms with van der Waals surface area (Å²) in [6.07, 6.45) is 2.62. The Morgan fingerprint density at radius 3 is 2.47 bits per heavy atom. The molecule has 0 unspecified atom stereocenters. The van der Waals surface area contributed by atoms with Crippen LogP contribution in [0.5, 0.6) is 0 Å². The molecule has 0 spiro atoms. The molecular weight excluding hydrogens is 257 g/mol. The minimum atomic E-state index is 0. The summed E-state index contributed by atoms with van der Waals surface area (Å²) in [5.41, 5.74) is 7.54. The van der Waals surface area contributed by atoms with Crippen LogP contribution >= 0.6 is 24.8 Å². The summed E-state index contributed by atoms with van der Waals surface area (Å²) in [7, 11) is 0. The fourth-order valence-electron chi connectivity index (χ4n) is 2.04. The van der Waals surface area contributed by atoms with Gasteiger partial charge < -0.3 is 5.73 Å². The monoisotopic (exact) mass is 275 g/mol. The van der Waals surface area contributed by atoms with Crippen molar-refractivity contribution in [3.8, 4) is 0 Å². The van der Waals surface area contributed by atoms with Crippen LogP contribution in [0.25, 0.3) is 0 Å². The van der Waals surface area contributed by atoms with Crippen molar-refractivity contribution >= 4 is 30.6 Å². The molecule has 3 nitrogen and oxygen atoms in total. The molecule has 0 aromatic heterocycles. The Bertz CT molecular complexity index is 363. The molecule has 1 aromatic carbocycles. The highest BCUT2D eigenvalue weighted by Crippen LogP contribution is 2.13. The molecule has 3 N–H and O–H groups in total. The second-order valence-corrected chi connectivity index (χ2v) is 4.10. The average Bonchev–Trinajstić information content (AvgIpc) is 2.71. The van der Waals surface area contributed by atoms with Gasteiger partial charge >= 0.3 is 0 Å². The highest BCUT2D eigenvalue weighted by Gasteiger charge is 2.11. The Labute approximate surface area is 115 Å². The van der Waals surface area contributed by atoms with Gasteiger partial charge in [-0.25, -0.2) is 0 Å². The van der Waals surface area contributed by atoms with Gasteiger partial charge in [-0.1, -0.05) is 18.2 Å². The Balaban J connectivity index is 0.00000128. The Morgan fingerprint density at radius 2 is 1.88 bits per heavy atom. The van der Waals surface area contributed by atoms with Gasteiger partial charge in [-0.3, -0.25) is 10.3 Å². The van der Waals surface area contributed by atoms with E-state index in [1.165, 1.54) is 31.5 Å². The SMILES string of the molecule is Cl.Cl.N=C(N)c1cccc(CN2CCCC2)c1. The number of hydrogen-bond donors (Lipinski definition) is 2. The third kappa shape index (κ3) is 4.54. The smallest absolute Gasteiger partial charge is 0.122 e. The normalized spacial score (nSPS) is 14.8. The number of rotatable bonds is 3. The van der Waals surface area contributed by atoms with Crippen molar-refractivity contribution in [2.45, 2.75) is 19.4 Å². The van der Waals surface area contributed by atoms with Crippen molar-refractivity contribution in [2.75, 3.05) is 13.1 Å². The fourth-order valence-corrected chi connectivity index (χ4v) is 2.04. The summed E-state index contributed by atoms with van der Waals surface area (Å²) in [5.74, 6) is 0.151. The molecular formula is C12H19Cl2N3. The summed E-state index contributed by atoms with van der Waals surface area (Å²) < 4.78 is 0. The number of nitrogens with one attached hydrogen (secondary N) is 1. The van der Waals surface area contributed by atoms with Crippen molar-refractivity contribution in [1.82, 2.24) is 4.90 Å². The van der Waals surface area contributed by atoms with E-state index in [-0.39, 0.29) is 30.6 Å². The average molecular weight is 276 g/mol. The zero-order valence-corrected chi connectivity index (χ0v) is 11.3. The molecule has 5 heteroatoms. The summed E-state index contributed by atoms with van der Waals surface area (Å²) in [5, 5.41) is 7.38. The van der Waals surface area contributed by atoms with E-state index in [1.807, 2.05) is 18.2 Å². The lowest BCUT2D eigenvalue weighted by molar-refractivity contribution is 0.331. The number of hydrogen-bond acceptors (Lipinski definition) is 2.